The molecule has 4 rings (SSSR count). The Morgan fingerprint density at radius 1 is 0.969 bits per heavy atom. The highest BCUT2D eigenvalue weighted by Crippen LogP contribution is 2.28. The Morgan fingerprint density at radius 2 is 1.53 bits per heavy atom. The monoisotopic (exact) mass is 509 g/mol. The second kappa shape index (κ2) is 9.10. The maximum Gasteiger partial charge on any atom is 0.260 e. The molecule has 6 nitrogen and oxygen atoms in total. The molecule has 0 aliphatic rings. The van der Waals surface area contributed by atoms with Crippen LogP contribution in [-0.2, 0) is 14.8 Å². The number of halogens is 1. The van der Waals surface area contributed by atoms with Gasteiger partial charge in [-0.2, -0.15) is 5.10 Å². The Hall–Kier alpha value is -3.23. The third-order valence-electron chi connectivity index (χ3n) is 5.00. The summed E-state index contributed by atoms with van der Waals surface area (Å²) < 4.78 is 26.2. The quantitative estimate of drug-likeness (QED) is 0.233. The molecule has 1 amide bonds. The van der Waals surface area contributed by atoms with Crippen molar-refractivity contribution in [3.05, 3.63) is 88.9 Å². The molecule has 0 aliphatic heterocycles. The van der Waals surface area contributed by atoms with E-state index in [1.165, 1.54) is 0 Å². The van der Waals surface area contributed by atoms with Gasteiger partial charge in [0.2, 0.25) is 10.0 Å². The Kier molecular flexibility index (Phi) is 6.25. The van der Waals surface area contributed by atoms with Crippen LogP contribution in [0.15, 0.2) is 88.4 Å². The van der Waals surface area contributed by atoms with Crippen LogP contribution in [0.2, 0.25) is 0 Å². The van der Waals surface area contributed by atoms with Gasteiger partial charge in [-0.05, 0) is 55.7 Å². The maximum absolute atomic E-state index is 12.6. The number of hydrazone groups is 1. The fourth-order valence-corrected chi connectivity index (χ4v) is 5.04. The molecule has 32 heavy (non-hydrogen) atoms. The van der Waals surface area contributed by atoms with E-state index in [0.717, 1.165) is 37.7 Å². The van der Waals surface area contributed by atoms with Crippen molar-refractivity contribution in [2.75, 3.05) is 17.1 Å². The third-order valence-corrected chi connectivity index (χ3v) is 6.80. The number of rotatable bonds is 6. The average molecular weight is 510 g/mol. The Morgan fingerprint density at radius 3 is 2.12 bits per heavy atom. The van der Waals surface area contributed by atoms with Crippen molar-refractivity contribution in [2.45, 2.75) is 0 Å². The molecule has 4 aromatic rings. The number of para-hydroxylation sites is 1. The first-order valence-corrected chi connectivity index (χ1v) is 12.4. The smallest absolute Gasteiger partial charge is 0.260 e. The largest absolute Gasteiger partial charge is 0.271 e. The van der Waals surface area contributed by atoms with Crippen LogP contribution >= 0.6 is 15.9 Å². The van der Waals surface area contributed by atoms with E-state index in [2.05, 4.69) is 32.5 Å². The van der Waals surface area contributed by atoms with Gasteiger partial charge in [-0.15, -0.1) is 0 Å². The minimum absolute atomic E-state index is 0.383. The minimum atomic E-state index is -3.68. The highest BCUT2D eigenvalue weighted by Gasteiger charge is 2.22. The number of anilines is 1. The van der Waals surface area contributed by atoms with Crippen molar-refractivity contribution >= 4 is 65.3 Å². The molecule has 0 aromatic heterocycles. The summed E-state index contributed by atoms with van der Waals surface area (Å²) >= 11 is 3.34. The fourth-order valence-electron chi connectivity index (χ4n) is 3.56. The van der Waals surface area contributed by atoms with Crippen LogP contribution in [0.1, 0.15) is 5.56 Å². The zero-order chi connectivity index (χ0) is 22.7. The van der Waals surface area contributed by atoms with Gasteiger partial charge in [0.1, 0.15) is 6.54 Å². The van der Waals surface area contributed by atoms with E-state index in [-0.39, 0.29) is 0 Å². The zero-order valence-electron chi connectivity index (χ0n) is 17.2. The molecule has 0 saturated carbocycles. The molecule has 0 fully saturated rings. The molecule has 1 N–H and O–H groups in total. The van der Waals surface area contributed by atoms with Crippen molar-refractivity contribution in [1.29, 1.82) is 0 Å². The van der Waals surface area contributed by atoms with E-state index in [1.807, 2.05) is 48.5 Å². The lowest BCUT2D eigenvalue weighted by molar-refractivity contribution is -0.119. The first kappa shape index (κ1) is 22.0. The van der Waals surface area contributed by atoms with Crippen LogP contribution in [0.4, 0.5) is 5.69 Å². The highest BCUT2D eigenvalue weighted by molar-refractivity contribution is 9.10. The summed E-state index contributed by atoms with van der Waals surface area (Å²) in [7, 11) is -3.68. The predicted octanol–water partition coefficient (Wildman–Crippen LogP) is 4.67. The maximum atomic E-state index is 12.6. The van der Waals surface area contributed by atoms with E-state index in [9.17, 15) is 13.2 Å². The van der Waals surface area contributed by atoms with Crippen molar-refractivity contribution in [2.24, 2.45) is 5.10 Å². The van der Waals surface area contributed by atoms with Gasteiger partial charge in [0.05, 0.1) is 18.2 Å². The Balaban J connectivity index is 1.61. The fraction of sp³-hybridized carbons (Fsp3) is 0.0833. The highest BCUT2D eigenvalue weighted by atomic mass is 79.9. The van der Waals surface area contributed by atoms with E-state index in [0.29, 0.717) is 10.2 Å². The number of hydrogen-bond acceptors (Lipinski definition) is 4. The third kappa shape index (κ3) is 4.66. The molecule has 162 valence electrons. The molecule has 0 unspecified atom stereocenters. The summed E-state index contributed by atoms with van der Waals surface area (Å²) in [6.45, 7) is -0.394. The van der Waals surface area contributed by atoms with E-state index in [1.54, 1.807) is 30.5 Å². The van der Waals surface area contributed by atoms with Crippen molar-refractivity contribution in [3.63, 3.8) is 0 Å². The molecule has 0 saturated heterocycles. The number of carbonyl (C=O) groups is 1. The van der Waals surface area contributed by atoms with E-state index in [4.69, 9.17) is 0 Å². The molecule has 0 radical (unpaired) electrons. The number of sulfonamides is 1. The molecule has 4 aromatic carbocycles. The first-order chi connectivity index (χ1) is 15.3. The zero-order valence-corrected chi connectivity index (χ0v) is 19.6. The first-order valence-electron chi connectivity index (χ1n) is 9.79. The lowest BCUT2D eigenvalue weighted by Gasteiger charge is -2.22. The van der Waals surface area contributed by atoms with E-state index < -0.39 is 22.5 Å². The number of nitrogens with zero attached hydrogens (tertiary/aromatic N) is 2. The van der Waals surface area contributed by atoms with Gasteiger partial charge >= 0.3 is 0 Å². The number of hydrogen-bond donors (Lipinski definition) is 1. The Bertz CT molecular complexity index is 1400. The summed E-state index contributed by atoms with van der Waals surface area (Å²) in [5.74, 6) is -0.549. The Labute approximate surface area is 194 Å². The summed E-state index contributed by atoms with van der Waals surface area (Å²) in [5.41, 5.74) is 3.72. The van der Waals surface area contributed by atoms with Crippen LogP contribution in [0, 0.1) is 0 Å². The molecule has 0 spiro atoms. The van der Waals surface area contributed by atoms with Crippen LogP contribution < -0.4 is 9.73 Å². The van der Waals surface area contributed by atoms with Gasteiger partial charge < -0.3 is 0 Å². The molecule has 0 aliphatic carbocycles. The molecule has 0 heterocycles. The SMILES string of the molecule is CS(=O)(=O)N(CC(=O)N/N=C\c1c2ccccc2cc2ccccc12)c1ccccc1Br. The lowest BCUT2D eigenvalue weighted by atomic mass is 9.97. The predicted molar refractivity (Wildman–Crippen MR) is 134 cm³/mol. The summed E-state index contributed by atoms with van der Waals surface area (Å²) in [4.78, 5) is 12.6. The van der Waals surface area contributed by atoms with Gasteiger partial charge in [0.15, 0.2) is 0 Å². The van der Waals surface area contributed by atoms with Crippen LogP contribution in [0.5, 0.6) is 0 Å². The van der Waals surface area contributed by atoms with Crippen molar-refractivity contribution in [3.8, 4) is 0 Å². The second-order valence-electron chi connectivity index (χ2n) is 7.25. The summed E-state index contributed by atoms with van der Waals surface area (Å²) in [6, 6.07) is 24.9. The van der Waals surface area contributed by atoms with Crippen molar-refractivity contribution in [1.82, 2.24) is 5.43 Å². The van der Waals surface area contributed by atoms with E-state index >= 15 is 0 Å². The number of benzene rings is 4. The van der Waals surface area contributed by atoms with Gasteiger partial charge in [-0.3, -0.25) is 9.10 Å². The topological polar surface area (TPSA) is 78.8 Å². The second-order valence-corrected chi connectivity index (χ2v) is 10.0. The van der Waals surface area contributed by atoms with Gasteiger partial charge in [0, 0.05) is 10.0 Å². The number of amides is 1. The van der Waals surface area contributed by atoms with Crippen molar-refractivity contribution < 1.29 is 13.2 Å². The van der Waals surface area contributed by atoms with Gasteiger partial charge in [-0.25, -0.2) is 13.8 Å². The van der Waals surface area contributed by atoms with Crippen LogP contribution in [0.3, 0.4) is 0 Å². The van der Waals surface area contributed by atoms with Gasteiger partial charge in [0.25, 0.3) is 5.91 Å². The van der Waals surface area contributed by atoms with Crippen LogP contribution in [-0.4, -0.2) is 33.3 Å². The molecular weight excluding hydrogens is 490 g/mol. The molecule has 0 bridgehead atoms. The molecular formula is C24H20BrN3O3S. The standard InChI is InChI=1S/C24H20BrN3O3S/c1-32(30,31)28(23-13-7-6-12-22(23)25)16-24(29)27-26-15-21-19-10-4-2-8-17(19)14-18-9-3-5-11-20(18)21/h2-15H,16H2,1H3,(H,27,29)/b26-15-. The lowest BCUT2D eigenvalue weighted by Crippen LogP contribution is -2.39. The molecule has 8 heteroatoms. The van der Waals surface area contributed by atoms with Gasteiger partial charge in [-0.1, -0.05) is 60.7 Å². The summed E-state index contributed by atoms with van der Waals surface area (Å²) in [5, 5.41) is 8.29. The number of fused-ring (bicyclic) bond motifs is 2. The average Bonchev–Trinajstić information content (AvgIpc) is 2.77. The number of carbonyl (C=O) groups excluding carboxylic acids is 1. The van der Waals surface area contributed by atoms with Crippen LogP contribution in [0.25, 0.3) is 21.5 Å². The molecule has 0 atom stereocenters. The minimum Gasteiger partial charge on any atom is -0.271 e. The number of nitrogens with one attached hydrogen (secondary N) is 1. The summed E-state index contributed by atoms with van der Waals surface area (Å²) in [6.07, 6.45) is 2.66. The normalized spacial score (nSPS) is 11.8.